The quantitative estimate of drug-likeness (QED) is 0.564. The van der Waals surface area contributed by atoms with E-state index in [4.69, 9.17) is 11.6 Å². The third kappa shape index (κ3) is 4.42. The first kappa shape index (κ1) is 22.5. The lowest BCUT2D eigenvalue weighted by Crippen LogP contribution is -2.35. The summed E-state index contributed by atoms with van der Waals surface area (Å²) in [6.07, 6.45) is 2.77. The molecule has 1 unspecified atom stereocenters. The summed E-state index contributed by atoms with van der Waals surface area (Å²) in [5.41, 5.74) is 1.63. The van der Waals surface area contributed by atoms with E-state index in [0.717, 1.165) is 12.1 Å². The second kappa shape index (κ2) is 9.03. The van der Waals surface area contributed by atoms with Crippen molar-refractivity contribution in [3.8, 4) is 11.1 Å². The number of nitrogens with zero attached hydrogens (tertiary/aromatic N) is 4. The van der Waals surface area contributed by atoms with Gasteiger partial charge < -0.3 is 18.9 Å². The molecule has 3 aromatic rings. The Morgan fingerprint density at radius 2 is 2.03 bits per heavy atom. The molecule has 1 aromatic carbocycles. The number of fused-ring (bicyclic) bond motifs is 1. The van der Waals surface area contributed by atoms with Crippen molar-refractivity contribution in [1.82, 2.24) is 18.9 Å². The molecule has 2 aromatic heterocycles. The van der Waals surface area contributed by atoms with Gasteiger partial charge in [0.05, 0.1) is 22.5 Å². The number of hydrogen-bond donors (Lipinski definition) is 0. The van der Waals surface area contributed by atoms with Crippen molar-refractivity contribution >= 4 is 28.4 Å². The molecule has 0 bridgehead atoms. The lowest BCUT2D eigenvalue weighted by Gasteiger charge is -2.16. The molecule has 170 valence electrons. The second-order valence-corrected chi connectivity index (χ2v) is 8.81. The van der Waals surface area contributed by atoms with Crippen LogP contribution in [0.1, 0.15) is 6.42 Å². The number of aromatic nitrogens is 2. The van der Waals surface area contributed by atoms with Gasteiger partial charge in [-0.25, -0.2) is 8.78 Å². The summed E-state index contributed by atoms with van der Waals surface area (Å²) in [7, 11) is 3.93. The van der Waals surface area contributed by atoms with Gasteiger partial charge in [-0.05, 0) is 44.3 Å². The van der Waals surface area contributed by atoms with Crippen LogP contribution in [-0.4, -0.2) is 64.7 Å². The highest BCUT2D eigenvalue weighted by Crippen LogP contribution is 2.31. The zero-order valence-electron chi connectivity index (χ0n) is 18.0. The fourth-order valence-corrected chi connectivity index (χ4v) is 4.22. The molecule has 0 aliphatic carbocycles. The Hall–Kier alpha value is -2.71. The first-order valence-electron chi connectivity index (χ1n) is 10.5. The molecular weight excluding hydrogens is 438 g/mol. The summed E-state index contributed by atoms with van der Waals surface area (Å²) in [5.74, 6) is -0.823. The predicted octanol–water partition coefficient (Wildman–Crippen LogP) is 3.39. The van der Waals surface area contributed by atoms with Gasteiger partial charge in [-0.3, -0.25) is 9.59 Å². The fraction of sp³-hybridized carbons (Fsp3) is 0.391. The van der Waals surface area contributed by atoms with E-state index in [9.17, 15) is 18.4 Å². The molecule has 1 atom stereocenters. The molecule has 0 N–H and O–H groups in total. The summed E-state index contributed by atoms with van der Waals surface area (Å²) < 4.78 is 30.5. The average Bonchev–Trinajstić information content (AvgIpc) is 3.34. The number of hydrogen-bond acceptors (Lipinski definition) is 3. The van der Waals surface area contributed by atoms with Crippen LogP contribution in [0.15, 0.2) is 41.5 Å². The van der Waals surface area contributed by atoms with E-state index in [1.807, 2.05) is 29.8 Å². The van der Waals surface area contributed by atoms with Gasteiger partial charge in [0, 0.05) is 37.6 Å². The van der Waals surface area contributed by atoms with Crippen molar-refractivity contribution < 1.29 is 13.6 Å². The Morgan fingerprint density at radius 1 is 1.25 bits per heavy atom. The SMILES string of the molecule is CN(C)CCn1cc(-c2ccc(F)c(Cl)c2)c2c(=O)n(CC(=O)N3CCC(F)C3)ccc21. The van der Waals surface area contributed by atoms with Crippen LogP contribution in [0.4, 0.5) is 8.78 Å². The first-order valence-corrected chi connectivity index (χ1v) is 10.9. The predicted molar refractivity (Wildman–Crippen MR) is 121 cm³/mol. The van der Waals surface area contributed by atoms with Crippen LogP contribution >= 0.6 is 11.6 Å². The minimum absolute atomic E-state index is 0.0297. The van der Waals surface area contributed by atoms with Gasteiger partial charge in [0.15, 0.2) is 0 Å². The minimum Gasteiger partial charge on any atom is -0.345 e. The number of likely N-dealkylation sites (N-methyl/N-ethyl adjacent to an activating group) is 1. The van der Waals surface area contributed by atoms with E-state index in [-0.39, 0.29) is 29.6 Å². The van der Waals surface area contributed by atoms with E-state index in [0.29, 0.717) is 36.0 Å². The molecule has 1 fully saturated rings. The number of rotatable bonds is 6. The largest absolute Gasteiger partial charge is 0.345 e. The van der Waals surface area contributed by atoms with Crippen LogP contribution in [0.5, 0.6) is 0 Å². The molecule has 1 saturated heterocycles. The van der Waals surface area contributed by atoms with Gasteiger partial charge >= 0.3 is 0 Å². The van der Waals surface area contributed by atoms with Crippen LogP contribution in [0.2, 0.25) is 5.02 Å². The molecular formula is C23H25ClF2N4O2. The van der Waals surface area contributed by atoms with Gasteiger partial charge in [-0.2, -0.15) is 0 Å². The number of likely N-dealkylation sites (tertiary alicyclic amines) is 1. The maximum Gasteiger partial charge on any atom is 0.261 e. The molecule has 3 heterocycles. The van der Waals surface area contributed by atoms with Crippen molar-refractivity contribution in [2.45, 2.75) is 25.7 Å². The standard InChI is InChI=1S/C23H25ClF2N4O2/c1-27(2)9-10-28-13-17(15-3-4-19(26)18(24)11-15)22-20(28)6-8-30(23(22)32)14-21(31)29-7-5-16(25)12-29/h3-4,6,8,11,13,16H,5,7,9-10,12,14H2,1-2H3. The van der Waals surface area contributed by atoms with E-state index in [1.54, 1.807) is 18.3 Å². The molecule has 4 rings (SSSR count). The number of carbonyl (C=O) groups is 1. The summed E-state index contributed by atoms with van der Waals surface area (Å²) in [4.78, 5) is 29.5. The van der Waals surface area contributed by atoms with Crippen LogP contribution in [0, 0.1) is 5.82 Å². The minimum atomic E-state index is -1.02. The smallest absolute Gasteiger partial charge is 0.261 e. The monoisotopic (exact) mass is 462 g/mol. The number of benzene rings is 1. The Labute approximate surface area is 189 Å². The second-order valence-electron chi connectivity index (χ2n) is 8.40. The van der Waals surface area contributed by atoms with Crippen LogP contribution < -0.4 is 5.56 Å². The Balaban J connectivity index is 1.78. The third-order valence-corrected chi connectivity index (χ3v) is 6.10. The molecule has 1 aliphatic heterocycles. The molecule has 32 heavy (non-hydrogen) atoms. The van der Waals surface area contributed by atoms with E-state index in [1.165, 1.54) is 21.6 Å². The van der Waals surface area contributed by atoms with Gasteiger partial charge in [0.25, 0.3) is 5.56 Å². The van der Waals surface area contributed by atoms with Gasteiger partial charge in [0.2, 0.25) is 5.91 Å². The summed E-state index contributed by atoms with van der Waals surface area (Å²) >= 11 is 6.00. The fourth-order valence-electron chi connectivity index (χ4n) is 4.04. The molecule has 0 saturated carbocycles. The Kier molecular flexibility index (Phi) is 6.35. The van der Waals surface area contributed by atoms with Crippen molar-refractivity contribution in [2.75, 3.05) is 33.7 Å². The highest BCUT2D eigenvalue weighted by Gasteiger charge is 2.26. The Morgan fingerprint density at radius 3 is 2.69 bits per heavy atom. The maximum atomic E-state index is 13.7. The lowest BCUT2D eigenvalue weighted by atomic mass is 10.1. The number of carbonyl (C=O) groups excluding carboxylic acids is 1. The molecule has 1 aliphatic rings. The van der Waals surface area contributed by atoms with Crippen molar-refractivity contribution in [3.63, 3.8) is 0 Å². The number of alkyl halides is 1. The van der Waals surface area contributed by atoms with E-state index < -0.39 is 12.0 Å². The lowest BCUT2D eigenvalue weighted by molar-refractivity contribution is -0.131. The number of halogens is 3. The average molecular weight is 463 g/mol. The Bertz CT molecular complexity index is 1220. The maximum absolute atomic E-state index is 13.7. The van der Waals surface area contributed by atoms with Crippen LogP contribution in [0.25, 0.3) is 22.0 Å². The highest BCUT2D eigenvalue weighted by atomic mass is 35.5. The van der Waals surface area contributed by atoms with Crippen LogP contribution in [-0.2, 0) is 17.9 Å². The molecule has 6 nitrogen and oxygen atoms in total. The van der Waals surface area contributed by atoms with Crippen molar-refractivity contribution in [3.05, 3.63) is 57.9 Å². The zero-order chi connectivity index (χ0) is 23.0. The first-order chi connectivity index (χ1) is 15.2. The number of pyridine rings is 1. The summed E-state index contributed by atoms with van der Waals surface area (Å²) in [6.45, 7) is 1.67. The van der Waals surface area contributed by atoms with Gasteiger partial charge in [0.1, 0.15) is 18.5 Å². The highest BCUT2D eigenvalue weighted by molar-refractivity contribution is 6.31. The topological polar surface area (TPSA) is 50.5 Å². The summed E-state index contributed by atoms with van der Waals surface area (Å²) in [5, 5.41) is 0.407. The van der Waals surface area contributed by atoms with E-state index >= 15 is 0 Å². The van der Waals surface area contributed by atoms with Crippen molar-refractivity contribution in [2.24, 2.45) is 0 Å². The van der Waals surface area contributed by atoms with Crippen molar-refractivity contribution in [1.29, 1.82) is 0 Å². The molecule has 1 amide bonds. The normalized spacial score (nSPS) is 16.4. The molecule has 0 spiro atoms. The van der Waals surface area contributed by atoms with E-state index in [2.05, 4.69) is 0 Å². The summed E-state index contributed by atoms with van der Waals surface area (Å²) in [6, 6.07) is 6.15. The van der Waals surface area contributed by atoms with Crippen LogP contribution in [0.3, 0.4) is 0 Å². The molecule has 9 heteroatoms. The third-order valence-electron chi connectivity index (χ3n) is 5.81. The van der Waals surface area contributed by atoms with Gasteiger partial charge in [-0.15, -0.1) is 0 Å². The molecule has 0 radical (unpaired) electrons. The number of amides is 1. The zero-order valence-corrected chi connectivity index (χ0v) is 18.8. The van der Waals surface area contributed by atoms with Gasteiger partial charge in [-0.1, -0.05) is 17.7 Å².